The van der Waals surface area contributed by atoms with Crippen molar-refractivity contribution in [1.82, 2.24) is 4.90 Å². The average Bonchev–Trinajstić information content (AvgIpc) is 3.28. The van der Waals surface area contributed by atoms with Gasteiger partial charge in [-0.3, -0.25) is 14.5 Å². The molecule has 0 saturated carbocycles. The molecule has 2 aromatic rings. The monoisotopic (exact) mass is 445 g/mol. The normalized spacial score (nSPS) is 17.7. The van der Waals surface area contributed by atoms with E-state index < -0.39 is 0 Å². The first kappa shape index (κ1) is 20.6. The highest BCUT2D eigenvalue weighted by atomic mass is 35.5. The molecular weight excluding hydrogens is 426 g/mol. The molecule has 1 saturated heterocycles. The first-order valence-electron chi connectivity index (χ1n) is 9.55. The number of fused-ring (bicyclic) bond motifs is 1. The summed E-state index contributed by atoms with van der Waals surface area (Å²) in [5.41, 5.74) is 1.37. The van der Waals surface area contributed by atoms with E-state index in [9.17, 15) is 9.59 Å². The minimum Gasteiger partial charge on any atom is -0.490 e. The maximum Gasteiger partial charge on any atom is 0.293 e. The van der Waals surface area contributed by atoms with Crippen LogP contribution in [0.4, 0.5) is 4.79 Å². The van der Waals surface area contributed by atoms with Crippen molar-refractivity contribution >= 4 is 40.6 Å². The largest absolute Gasteiger partial charge is 0.490 e. The number of carbonyl (C=O) groups is 2. The van der Waals surface area contributed by atoms with Gasteiger partial charge in [-0.2, -0.15) is 0 Å². The SMILES string of the molecule is CCC(C)Oc1ccccc1/C=C1\SC(=O)N(Cc2cc3c(cc2Cl)OCO3)C1=O. The van der Waals surface area contributed by atoms with E-state index in [-0.39, 0.29) is 30.6 Å². The molecule has 1 atom stereocenters. The smallest absolute Gasteiger partial charge is 0.293 e. The van der Waals surface area contributed by atoms with Crippen molar-refractivity contribution in [2.45, 2.75) is 32.9 Å². The Balaban J connectivity index is 1.57. The number of imide groups is 1. The van der Waals surface area contributed by atoms with E-state index in [1.165, 1.54) is 4.90 Å². The highest BCUT2D eigenvalue weighted by Gasteiger charge is 2.36. The summed E-state index contributed by atoms with van der Waals surface area (Å²) in [6.07, 6.45) is 2.60. The van der Waals surface area contributed by atoms with E-state index in [2.05, 4.69) is 0 Å². The molecule has 0 aliphatic carbocycles. The molecule has 0 aromatic heterocycles. The van der Waals surface area contributed by atoms with Gasteiger partial charge in [0.25, 0.3) is 11.1 Å². The molecule has 8 heteroatoms. The van der Waals surface area contributed by atoms with E-state index >= 15 is 0 Å². The maximum absolute atomic E-state index is 12.9. The molecule has 0 spiro atoms. The first-order chi connectivity index (χ1) is 14.5. The Morgan fingerprint density at radius 3 is 2.73 bits per heavy atom. The molecule has 0 N–H and O–H groups in total. The highest BCUT2D eigenvalue weighted by molar-refractivity contribution is 8.18. The third kappa shape index (κ3) is 4.13. The third-order valence-corrected chi connectivity index (χ3v) is 6.11. The molecule has 156 valence electrons. The van der Waals surface area contributed by atoms with Crippen molar-refractivity contribution < 1.29 is 23.8 Å². The van der Waals surface area contributed by atoms with E-state index in [4.69, 9.17) is 25.8 Å². The second-order valence-corrected chi connectivity index (χ2v) is 8.34. The molecule has 2 aromatic carbocycles. The quantitative estimate of drug-likeness (QED) is 0.548. The number of nitrogens with zero attached hydrogens (tertiary/aromatic N) is 1. The van der Waals surface area contributed by atoms with Gasteiger partial charge >= 0.3 is 0 Å². The molecule has 30 heavy (non-hydrogen) atoms. The highest BCUT2D eigenvalue weighted by Crippen LogP contribution is 2.39. The summed E-state index contributed by atoms with van der Waals surface area (Å²) in [6.45, 7) is 4.21. The fourth-order valence-electron chi connectivity index (χ4n) is 3.04. The van der Waals surface area contributed by atoms with Crippen LogP contribution in [0, 0.1) is 0 Å². The van der Waals surface area contributed by atoms with Crippen molar-refractivity contribution in [3.63, 3.8) is 0 Å². The van der Waals surface area contributed by atoms with E-state index in [0.29, 0.717) is 32.7 Å². The number of thioether (sulfide) groups is 1. The van der Waals surface area contributed by atoms with E-state index in [1.54, 1.807) is 18.2 Å². The molecule has 2 aliphatic heterocycles. The van der Waals surface area contributed by atoms with Crippen LogP contribution in [0.1, 0.15) is 31.4 Å². The molecule has 6 nitrogen and oxygen atoms in total. The number of hydrogen-bond acceptors (Lipinski definition) is 6. The zero-order valence-corrected chi connectivity index (χ0v) is 18.1. The standard InChI is InChI=1S/C22H20ClNO5S/c1-3-13(2)29-17-7-5-4-6-14(17)9-20-21(25)24(22(26)30-20)11-15-8-18-19(10-16(15)23)28-12-27-18/h4-10,13H,3,11-12H2,1-2H3/b20-9-. The van der Waals surface area contributed by atoms with Gasteiger partial charge in [-0.25, -0.2) is 0 Å². The van der Waals surface area contributed by atoms with Crippen LogP contribution in [0.3, 0.4) is 0 Å². The summed E-state index contributed by atoms with van der Waals surface area (Å²) in [5, 5.41) is 0.0647. The van der Waals surface area contributed by atoms with Gasteiger partial charge in [-0.15, -0.1) is 0 Å². The molecule has 0 bridgehead atoms. The molecule has 2 amide bonds. The molecular formula is C22H20ClNO5S. The number of rotatable bonds is 6. The molecule has 1 fully saturated rings. The average molecular weight is 446 g/mol. The lowest BCUT2D eigenvalue weighted by Gasteiger charge is -2.15. The van der Waals surface area contributed by atoms with Gasteiger partial charge in [0.15, 0.2) is 11.5 Å². The third-order valence-electron chi connectivity index (χ3n) is 4.85. The van der Waals surface area contributed by atoms with E-state index in [1.807, 2.05) is 38.1 Å². The molecule has 0 radical (unpaired) electrons. The predicted molar refractivity (Wildman–Crippen MR) is 116 cm³/mol. The van der Waals surface area contributed by atoms with Gasteiger partial charge < -0.3 is 14.2 Å². The van der Waals surface area contributed by atoms with Crippen molar-refractivity contribution in [1.29, 1.82) is 0 Å². The Kier molecular flexibility index (Phi) is 5.92. The van der Waals surface area contributed by atoms with Gasteiger partial charge in [0, 0.05) is 16.7 Å². The number of halogens is 1. The number of amides is 2. The van der Waals surface area contributed by atoms with Gasteiger partial charge in [0.1, 0.15) is 5.75 Å². The summed E-state index contributed by atoms with van der Waals surface area (Å²) in [5.74, 6) is 1.42. The number of carbonyl (C=O) groups excluding carboxylic acids is 2. The van der Waals surface area contributed by atoms with Gasteiger partial charge in [-0.05, 0) is 48.9 Å². The molecule has 2 aliphatic rings. The second-order valence-electron chi connectivity index (χ2n) is 6.94. The van der Waals surface area contributed by atoms with Crippen LogP contribution in [-0.2, 0) is 11.3 Å². The fourth-order valence-corrected chi connectivity index (χ4v) is 4.08. The Morgan fingerprint density at radius 2 is 1.97 bits per heavy atom. The van der Waals surface area contributed by atoms with Crippen molar-refractivity contribution in [3.8, 4) is 17.2 Å². The molecule has 4 rings (SSSR count). The van der Waals surface area contributed by atoms with Crippen molar-refractivity contribution in [2.24, 2.45) is 0 Å². The minimum atomic E-state index is -0.364. The van der Waals surface area contributed by atoms with Gasteiger partial charge in [0.05, 0.1) is 17.6 Å². The zero-order chi connectivity index (χ0) is 21.3. The fraction of sp³-hybridized carbons (Fsp3) is 0.273. The lowest BCUT2D eigenvalue weighted by Crippen LogP contribution is -2.27. The number of para-hydroxylation sites is 1. The van der Waals surface area contributed by atoms with Crippen LogP contribution in [0.25, 0.3) is 6.08 Å². The maximum atomic E-state index is 12.9. The second kappa shape index (κ2) is 8.62. The summed E-state index contributed by atoms with van der Waals surface area (Å²) in [4.78, 5) is 27.0. The zero-order valence-electron chi connectivity index (χ0n) is 16.5. The number of benzene rings is 2. The van der Waals surface area contributed by atoms with Crippen LogP contribution < -0.4 is 14.2 Å². The Labute approximate surface area is 183 Å². The Morgan fingerprint density at radius 1 is 1.23 bits per heavy atom. The Hall–Kier alpha value is -2.64. The van der Waals surface area contributed by atoms with Crippen molar-refractivity contribution in [2.75, 3.05) is 6.79 Å². The van der Waals surface area contributed by atoms with E-state index in [0.717, 1.165) is 23.7 Å². The lowest BCUT2D eigenvalue weighted by molar-refractivity contribution is -0.123. The summed E-state index contributed by atoms with van der Waals surface area (Å²) in [7, 11) is 0. The first-order valence-corrected chi connectivity index (χ1v) is 10.7. The predicted octanol–water partition coefficient (Wildman–Crippen LogP) is 5.48. The van der Waals surface area contributed by atoms with Crippen LogP contribution in [0.2, 0.25) is 5.02 Å². The summed E-state index contributed by atoms with van der Waals surface area (Å²) < 4.78 is 16.6. The van der Waals surface area contributed by atoms with Crippen LogP contribution in [0.5, 0.6) is 17.2 Å². The summed E-state index contributed by atoms with van der Waals surface area (Å²) in [6, 6.07) is 10.8. The van der Waals surface area contributed by atoms with Gasteiger partial charge in [-0.1, -0.05) is 36.7 Å². The van der Waals surface area contributed by atoms with Crippen LogP contribution >= 0.6 is 23.4 Å². The number of hydrogen-bond donors (Lipinski definition) is 0. The molecule has 2 heterocycles. The summed E-state index contributed by atoms with van der Waals surface area (Å²) >= 11 is 7.21. The topological polar surface area (TPSA) is 65.1 Å². The van der Waals surface area contributed by atoms with Gasteiger partial charge in [0.2, 0.25) is 6.79 Å². The Bertz CT molecular complexity index is 1040. The minimum absolute atomic E-state index is 0.0442. The van der Waals surface area contributed by atoms with Crippen LogP contribution in [-0.4, -0.2) is 28.9 Å². The van der Waals surface area contributed by atoms with Crippen molar-refractivity contribution in [3.05, 3.63) is 57.5 Å². The van der Waals surface area contributed by atoms with Crippen LogP contribution in [0.15, 0.2) is 41.3 Å². The lowest BCUT2D eigenvalue weighted by atomic mass is 10.1. The molecule has 1 unspecified atom stereocenters. The number of ether oxygens (including phenoxy) is 3.